The predicted molar refractivity (Wildman–Crippen MR) is 93.1 cm³/mol. The summed E-state index contributed by atoms with van der Waals surface area (Å²) in [7, 11) is 0. The molecule has 0 aliphatic heterocycles. The fourth-order valence-electron chi connectivity index (χ4n) is 3.43. The van der Waals surface area contributed by atoms with Gasteiger partial charge in [-0.1, -0.05) is 38.5 Å². The highest BCUT2D eigenvalue weighted by Crippen LogP contribution is 2.47. The number of benzene rings is 1. The maximum atomic E-state index is 11.1. The molecule has 23 heavy (non-hydrogen) atoms. The zero-order valence-corrected chi connectivity index (χ0v) is 15.1. The zero-order valence-electron chi connectivity index (χ0n) is 15.1. The molecule has 1 fully saturated rings. The molecule has 3 heteroatoms. The van der Waals surface area contributed by atoms with Gasteiger partial charge in [0.1, 0.15) is 5.75 Å². The lowest BCUT2D eigenvalue weighted by Crippen LogP contribution is -2.11. The first kappa shape index (κ1) is 17.8. The van der Waals surface area contributed by atoms with Crippen LogP contribution in [0, 0.1) is 31.6 Å². The quantitative estimate of drug-likeness (QED) is 0.738. The van der Waals surface area contributed by atoms with Crippen LogP contribution in [-0.2, 0) is 4.79 Å². The molecule has 3 unspecified atom stereocenters. The van der Waals surface area contributed by atoms with E-state index in [0.717, 1.165) is 25.0 Å². The third kappa shape index (κ3) is 4.49. The van der Waals surface area contributed by atoms with E-state index in [9.17, 15) is 4.79 Å². The van der Waals surface area contributed by atoms with Crippen LogP contribution in [0.4, 0.5) is 0 Å². The summed E-state index contributed by atoms with van der Waals surface area (Å²) in [4.78, 5) is 11.1. The van der Waals surface area contributed by atoms with Crippen molar-refractivity contribution in [1.82, 2.24) is 0 Å². The van der Waals surface area contributed by atoms with Crippen molar-refractivity contribution in [3.8, 4) is 5.75 Å². The third-order valence-electron chi connectivity index (χ3n) is 4.77. The van der Waals surface area contributed by atoms with Crippen LogP contribution in [0.15, 0.2) is 12.1 Å². The van der Waals surface area contributed by atoms with E-state index in [1.807, 2.05) is 0 Å². The molecule has 1 aliphatic carbocycles. The first-order valence-corrected chi connectivity index (χ1v) is 8.80. The van der Waals surface area contributed by atoms with Crippen LogP contribution in [0.2, 0.25) is 0 Å². The van der Waals surface area contributed by atoms with Crippen molar-refractivity contribution >= 4 is 5.97 Å². The number of aliphatic carboxylic acids is 1. The van der Waals surface area contributed by atoms with Crippen molar-refractivity contribution in [1.29, 1.82) is 0 Å². The van der Waals surface area contributed by atoms with Crippen molar-refractivity contribution in [2.24, 2.45) is 17.8 Å². The molecule has 1 saturated carbocycles. The minimum atomic E-state index is -0.637. The van der Waals surface area contributed by atoms with Gasteiger partial charge in [-0.3, -0.25) is 4.79 Å². The lowest BCUT2D eigenvalue weighted by atomic mass is 9.87. The van der Waals surface area contributed by atoms with Crippen LogP contribution in [0.3, 0.4) is 0 Å². The Hall–Kier alpha value is -1.51. The standard InChI is InChI=1S/C20H30O3/c1-6-15(9-16-10-18(16)20(21)22)17-8-13(4)7-14(5)19(17)23-11-12(2)3/h7-8,12,15-16,18H,6,9-11H2,1-5H3,(H,21,22). The summed E-state index contributed by atoms with van der Waals surface area (Å²) in [6, 6.07) is 4.40. The van der Waals surface area contributed by atoms with E-state index < -0.39 is 5.97 Å². The number of hydrogen-bond donors (Lipinski definition) is 1. The maximum Gasteiger partial charge on any atom is 0.306 e. The van der Waals surface area contributed by atoms with Crippen LogP contribution in [0.25, 0.3) is 0 Å². The Morgan fingerprint density at radius 3 is 2.57 bits per heavy atom. The second-order valence-corrected chi connectivity index (χ2v) is 7.49. The van der Waals surface area contributed by atoms with Crippen LogP contribution in [-0.4, -0.2) is 17.7 Å². The monoisotopic (exact) mass is 318 g/mol. The van der Waals surface area contributed by atoms with Crippen molar-refractivity contribution in [2.75, 3.05) is 6.61 Å². The fraction of sp³-hybridized carbons (Fsp3) is 0.650. The molecular formula is C20H30O3. The van der Waals surface area contributed by atoms with Gasteiger partial charge in [-0.05, 0) is 62.0 Å². The smallest absolute Gasteiger partial charge is 0.306 e. The van der Waals surface area contributed by atoms with Crippen molar-refractivity contribution in [3.63, 3.8) is 0 Å². The molecule has 1 aromatic rings. The topological polar surface area (TPSA) is 46.5 Å². The molecule has 3 nitrogen and oxygen atoms in total. The molecule has 0 saturated heterocycles. The number of aryl methyl sites for hydroxylation is 2. The largest absolute Gasteiger partial charge is 0.493 e. The van der Waals surface area contributed by atoms with Gasteiger partial charge in [0.2, 0.25) is 0 Å². The summed E-state index contributed by atoms with van der Waals surface area (Å²) in [6.07, 6.45) is 2.80. The number of rotatable bonds is 8. The third-order valence-corrected chi connectivity index (χ3v) is 4.77. The highest BCUT2D eigenvalue weighted by atomic mass is 16.5. The Kier molecular flexibility index (Phi) is 5.72. The molecule has 1 aromatic carbocycles. The molecule has 2 rings (SSSR count). The highest BCUT2D eigenvalue weighted by molar-refractivity contribution is 5.73. The molecule has 0 aromatic heterocycles. The van der Waals surface area contributed by atoms with Gasteiger partial charge in [0.25, 0.3) is 0 Å². The molecular weight excluding hydrogens is 288 g/mol. The lowest BCUT2D eigenvalue weighted by molar-refractivity contribution is -0.138. The van der Waals surface area contributed by atoms with Gasteiger partial charge in [-0.2, -0.15) is 0 Å². The lowest BCUT2D eigenvalue weighted by Gasteiger charge is -2.22. The number of carboxylic acid groups (broad SMARTS) is 1. The van der Waals surface area contributed by atoms with Crippen molar-refractivity contribution < 1.29 is 14.6 Å². The number of carbonyl (C=O) groups is 1. The molecule has 3 atom stereocenters. The normalized spacial score (nSPS) is 21.3. The maximum absolute atomic E-state index is 11.1. The fourth-order valence-corrected chi connectivity index (χ4v) is 3.43. The van der Waals surface area contributed by atoms with Crippen molar-refractivity contribution in [3.05, 3.63) is 28.8 Å². The highest BCUT2D eigenvalue weighted by Gasteiger charge is 2.44. The number of hydrogen-bond acceptors (Lipinski definition) is 2. The van der Waals surface area contributed by atoms with Gasteiger partial charge < -0.3 is 9.84 Å². The molecule has 0 heterocycles. The SMILES string of the molecule is CCC(CC1CC1C(=O)O)c1cc(C)cc(C)c1OCC(C)C. The summed E-state index contributed by atoms with van der Waals surface area (Å²) in [5.74, 6) is 1.45. The van der Waals surface area contributed by atoms with Gasteiger partial charge in [0.05, 0.1) is 12.5 Å². The van der Waals surface area contributed by atoms with Gasteiger partial charge in [0.15, 0.2) is 0 Å². The molecule has 0 bridgehead atoms. The Balaban J connectivity index is 2.22. The Bertz CT molecular complexity index is 562. The van der Waals surface area contributed by atoms with Gasteiger partial charge >= 0.3 is 5.97 Å². The summed E-state index contributed by atoms with van der Waals surface area (Å²) in [6.45, 7) is 11.4. The van der Waals surface area contributed by atoms with Crippen molar-refractivity contribution in [2.45, 2.75) is 59.8 Å². The van der Waals surface area contributed by atoms with E-state index >= 15 is 0 Å². The predicted octanol–water partition coefficient (Wildman–Crippen LogP) is 4.94. The van der Waals surface area contributed by atoms with Crippen LogP contribution in [0.1, 0.15) is 62.6 Å². The summed E-state index contributed by atoms with van der Waals surface area (Å²) in [5, 5.41) is 9.14. The average Bonchev–Trinajstić information content (AvgIpc) is 3.22. The summed E-state index contributed by atoms with van der Waals surface area (Å²) < 4.78 is 6.13. The first-order chi connectivity index (χ1) is 10.8. The minimum Gasteiger partial charge on any atom is -0.493 e. The van der Waals surface area contributed by atoms with E-state index in [-0.39, 0.29) is 5.92 Å². The molecule has 1 aliphatic rings. The second-order valence-electron chi connectivity index (χ2n) is 7.49. The molecule has 0 amide bonds. The summed E-state index contributed by atoms with van der Waals surface area (Å²) >= 11 is 0. The number of carboxylic acids is 1. The minimum absolute atomic E-state index is 0.130. The van der Waals surface area contributed by atoms with E-state index in [1.165, 1.54) is 16.7 Å². The van der Waals surface area contributed by atoms with Gasteiger partial charge in [0, 0.05) is 0 Å². The van der Waals surface area contributed by atoms with Crippen LogP contribution in [0.5, 0.6) is 5.75 Å². The second kappa shape index (κ2) is 7.37. The number of ether oxygens (including phenoxy) is 1. The first-order valence-electron chi connectivity index (χ1n) is 8.80. The average molecular weight is 318 g/mol. The van der Waals surface area contributed by atoms with Gasteiger partial charge in [-0.25, -0.2) is 0 Å². The van der Waals surface area contributed by atoms with E-state index in [0.29, 0.717) is 24.4 Å². The Morgan fingerprint density at radius 1 is 1.35 bits per heavy atom. The molecule has 0 radical (unpaired) electrons. The van der Waals surface area contributed by atoms with E-state index in [1.54, 1.807) is 0 Å². The molecule has 1 N–H and O–H groups in total. The molecule has 128 valence electrons. The van der Waals surface area contributed by atoms with E-state index in [4.69, 9.17) is 9.84 Å². The molecule has 0 spiro atoms. The Morgan fingerprint density at radius 2 is 2.04 bits per heavy atom. The van der Waals surface area contributed by atoms with Gasteiger partial charge in [-0.15, -0.1) is 0 Å². The zero-order chi connectivity index (χ0) is 17.1. The van der Waals surface area contributed by atoms with Crippen LogP contribution >= 0.6 is 0 Å². The summed E-state index contributed by atoms with van der Waals surface area (Å²) in [5.41, 5.74) is 3.70. The van der Waals surface area contributed by atoms with Crippen LogP contribution < -0.4 is 4.74 Å². The van der Waals surface area contributed by atoms with E-state index in [2.05, 4.69) is 46.8 Å². The Labute approximate surface area is 140 Å².